The predicted molar refractivity (Wildman–Crippen MR) is 219 cm³/mol. The summed E-state index contributed by atoms with van der Waals surface area (Å²) < 4.78 is 35.5. The van der Waals surface area contributed by atoms with Gasteiger partial charge in [0.25, 0.3) is 11.7 Å². The van der Waals surface area contributed by atoms with Crippen LogP contribution in [0.15, 0.2) is 23.3 Å². The van der Waals surface area contributed by atoms with Crippen LogP contribution >= 0.6 is 0 Å². The molecule has 60 heavy (non-hydrogen) atoms. The molecule has 3 heterocycles. The SMILES string of the molecule is CC[C@@H]1/C=C(\C)C[C@H](C)C[C@H](OC)[C@H]2O[C@@](O)(C(=O)C(=O)N3CCCC[C@H]3C(=O)O[C@H](/C(C)=C/[C@@H]3CC[C@@H](OCC(=O)O)[C@H](OC)C3)[C@H](C)[C@@H](O)CC1=O)[C@H](C)C[C@@H]2OC. The number of esters is 1. The van der Waals surface area contributed by atoms with Crippen LogP contribution in [0.5, 0.6) is 0 Å². The molecule has 15 heteroatoms. The van der Waals surface area contributed by atoms with Gasteiger partial charge in [-0.05, 0) is 95.5 Å². The molecule has 0 spiro atoms. The molecule has 0 aromatic heterocycles. The van der Waals surface area contributed by atoms with E-state index in [1.807, 2.05) is 32.9 Å². The fourth-order valence-corrected chi connectivity index (χ4v) is 9.74. The predicted octanol–water partition coefficient (Wildman–Crippen LogP) is 4.58. The van der Waals surface area contributed by atoms with Gasteiger partial charge in [-0.15, -0.1) is 0 Å². The van der Waals surface area contributed by atoms with E-state index in [-0.39, 0.29) is 49.5 Å². The van der Waals surface area contributed by atoms with E-state index in [0.717, 1.165) is 5.57 Å². The number of aliphatic hydroxyl groups is 2. The molecule has 2 bridgehead atoms. The number of hydrogen-bond acceptors (Lipinski definition) is 13. The Kier molecular flexibility index (Phi) is 18.5. The number of ether oxygens (including phenoxy) is 6. The molecule has 1 saturated carbocycles. The van der Waals surface area contributed by atoms with Gasteiger partial charge < -0.3 is 48.6 Å². The fraction of sp³-hybridized carbons (Fsp3) is 0.800. The summed E-state index contributed by atoms with van der Waals surface area (Å²) in [5, 5.41) is 32.9. The molecule has 3 aliphatic heterocycles. The Morgan fingerprint density at radius 3 is 2.23 bits per heavy atom. The number of carbonyl (C=O) groups excluding carboxylic acids is 4. The Morgan fingerprint density at radius 1 is 0.933 bits per heavy atom. The first-order valence-corrected chi connectivity index (χ1v) is 21.8. The van der Waals surface area contributed by atoms with Gasteiger partial charge in [-0.1, -0.05) is 45.4 Å². The second-order valence-corrected chi connectivity index (χ2v) is 17.8. The lowest BCUT2D eigenvalue weighted by molar-refractivity contribution is -0.302. The number of aliphatic carboxylic acids is 1. The molecule has 1 aliphatic carbocycles. The molecule has 3 fully saturated rings. The topological polar surface area (TPSA) is 205 Å². The summed E-state index contributed by atoms with van der Waals surface area (Å²) in [6.07, 6.45) is 3.38. The minimum absolute atomic E-state index is 0.0173. The molecule has 4 rings (SSSR count). The number of allylic oxidation sites excluding steroid dienone is 3. The molecule has 3 N–H and O–H groups in total. The van der Waals surface area contributed by atoms with E-state index >= 15 is 0 Å². The van der Waals surface area contributed by atoms with Crippen molar-refractivity contribution in [2.24, 2.45) is 29.6 Å². The zero-order chi connectivity index (χ0) is 44.5. The Balaban J connectivity index is 1.74. The van der Waals surface area contributed by atoms with Gasteiger partial charge in [0.15, 0.2) is 0 Å². The number of fused-ring (bicyclic) bond motifs is 3. The molecule has 2 saturated heterocycles. The molecule has 14 atom stereocenters. The first-order valence-electron chi connectivity index (χ1n) is 21.8. The average molecular weight is 850 g/mol. The smallest absolute Gasteiger partial charge is 0.329 e. The third kappa shape index (κ3) is 12.1. The van der Waals surface area contributed by atoms with Gasteiger partial charge in [-0.2, -0.15) is 0 Å². The third-order valence-corrected chi connectivity index (χ3v) is 13.3. The molecular formula is C45H71NO14. The van der Waals surface area contributed by atoms with Gasteiger partial charge in [-0.25, -0.2) is 9.59 Å². The van der Waals surface area contributed by atoms with Gasteiger partial charge >= 0.3 is 11.9 Å². The number of carboxylic acids is 1. The number of cyclic esters (lactones) is 1. The van der Waals surface area contributed by atoms with Crippen LogP contribution < -0.4 is 0 Å². The first-order chi connectivity index (χ1) is 28.4. The summed E-state index contributed by atoms with van der Waals surface area (Å²) in [4.78, 5) is 69.1. The Morgan fingerprint density at radius 2 is 1.60 bits per heavy atom. The number of carbonyl (C=O) groups is 5. The largest absolute Gasteiger partial charge is 0.480 e. The van der Waals surface area contributed by atoms with Crippen molar-refractivity contribution in [3.63, 3.8) is 0 Å². The van der Waals surface area contributed by atoms with Gasteiger partial charge in [0.2, 0.25) is 5.79 Å². The average Bonchev–Trinajstić information content (AvgIpc) is 3.22. The molecule has 340 valence electrons. The number of ketones is 2. The van der Waals surface area contributed by atoms with Crippen molar-refractivity contribution in [3.8, 4) is 0 Å². The molecule has 15 nitrogen and oxygen atoms in total. The van der Waals surface area contributed by atoms with Crippen molar-refractivity contribution in [1.29, 1.82) is 0 Å². The van der Waals surface area contributed by atoms with E-state index in [1.165, 1.54) is 19.1 Å². The number of carboxylic acid groups (broad SMARTS) is 1. The number of amides is 1. The van der Waals surface area contributed by atoms with Gasteiger partial charge in [0, 0.05) is 52.0 Å². The first kappa shape index (κ1) is 49.6. The lowest BCUT2D eigenvalue weighted by Gasteiger charge is -2.47. The quantitative estimate of drug-likeness (QED) is 0.165. The van der Waals surface area contributed by atoms with Crippen LogP contribution in [-0.2, 0) is 52.4 Å². The van der Waals surface area contributed by atoms with Gasteiger partial charge in [-0.3, -0.25) is 14.4 Å². The van der Waals surface area contributed by atoms with Crippen LogP contribution in [0.1, 0.15) is 112 Å². The zero-order valence-electron chi connectivity index (χ0n) is 37.1. The van der Waals surface area contributed by atoms with E-state index in [9.17, 15) is 34.2 Å². The zero-order valence-corrected chi connectivity index (χ0v) is 37.1. The summed E-state index contributed by atoms with van der Waals surface area (Å²) >= 11 is 0. The number of nitrogens with zero attached hydrogens (tertiary/aromatic N) is 1. The lowest BCUT2D eigenvalue weighted by Crippen LogP contribution is -2.64. The van der Waals surface area contributed by atoms with Crippen molar-refractivity contribution in [2.45, 2.75) is 167 Å². The van der Waals surface area contributed by atoms with Crippen LogP contribution in [-0.4, -0.2) is 139 Å². The highest BCUT2D eigenvalue weighted by Gasteiger charge is 2.56. The number of piperidine rings is 1. The maximum Gasteiger partial charge on any atom is 0.329 e. The standard InChI is InChI=1S/C45H71NO14/c1-10-31-18-25(2)17-26(3)19-37(56-8)41-38(57-9)21-28(5)45(54,60-41)42(51)43(52)46-16-12-11-13-32(46)44(53)59-40(29(6)33(47)23-34(31)48)27(4)20-30-14-15-35(36(22-30)55-7)58-24-39(49)50/h18,20,26,28-33,35-38,40-41,47,54H,10-17,19,21-24H2,1-9H3,(H,49,50)/b25-18+,27-20+/t26-,28+,29+,30-,31+,32-,33-,35+,36+,37-,38-,40+,41+,45+/m0/s1. The highest BCUT2D eigenvalue weighted by Crippen LogP contribution is 2.39. The number of aliphatic hydroxyl groups excluding tert-OH is 1. The van der Waals surface area contributed by atoms with Crippen molar-refractivity contribution in [3.05, 3.63) is 23.3 Å². The molecule has 0 unspecified atom stereocenters. The maximum atomic E-state index is 14.4. The molecule has 1 amide bonds. The second-order valence-electron chi connectivity index (χ2n) is 17.8. The van der Waals surface area contributed by atoms with Crippen LogP contribution in [0.4, 0.5) is 0 Å². The van der Waals surface area contributed by atoms with E-state index in [4.69, 9.17) is 33.5 Å². The van der Waals surface area contributed by atoms with Crippen molar-refractivity contribution >= 4 is 29.4 Å². The van der Waals surface area contributed by atoms with Crippen LogP contribution in [0.3, 0.4) is 0 Å². The minimum atomic E-state index is -2.52. The van der Waals surface area contributed by atoms with E-state index in [0.29, 0.717) is 56.9 Å². The van der Waals surface area contributed by atoms with E-state index in [2.05, 4.69) is 0 Å². The van der Waals surface area contributed by atoms with Gasteiger partial charge in [0.05, 0.1) is 30.5 Å². The Hall–Kier alpha value is -3.05. The van der Waals surface area contributed by atoms with Crippen LogP contribution in [0, 0.1) is 29.6 Å². The maximum absolute atomic E-state index is 14.4. The van der Waals surface area contributed by atoms with Crippen LogP contribution in [0.2, 0.25) is 0 Å². The fourth-order valence-electron chi connectivity index (χ4n) is 9.74. The monoisotopic (exact) mass is 849 g/mol. The van der Waals surface area contributed by atoms with E-state index < -0.39 is 96.4 Å². The van der Waals surface area contributed by atoms with Crippen molar-refractivity contribution in [1.82, 2.24) is 4.90 Å². The number of methoxy groups -OCH3 is 3. The molecule has 4 aliphatic rings. The summed E-state index contributed by atoms with van der Waals surface area (Å²) in [5.41, 5.74) is 1.60. The van der Waals surface area contributed by atoms with E-state index in [1.54, 1.807) is 27.9 Å². The Labute approximate surface area is 355 Å². The third-order valence-electron chi connectivity index (χ3n) is 13.3. The lowest BCUT2D eigenvalue weighted by atomic mass is 9.81. The highest BCUT2D eigenvalue weighted by molar-refractivity contribution is 6.39. The molecular weight excluding hydrogens is 778 g/mol. The van der Waals surface area contributed by atoms with Gasteiger partial charge in [0.1, 0.15) is 30.6 Å². The minimum Gasteiger partial charge on any atom is -0.480 e. The van der Waals surface area contributed by atoms with Crippen molar-refractivity contribution in [2.75, 3.05) is 34.5 Å². The highest BCUT2D eigenvalue weighted by atomic mass is 16.7. The molecule has 0 aromatic rings. The van der Waals surface area contributed by atoms with Crippen LogP contribution in [0.25, 0.3) is 0 Å². The number of hydrogen-bond donors (Lipinski definition) is 3. The molecule has 0 radical (unpaired) electrons. The van der Waals surface area contributed by atoms with Crippen molar-refractivity contribution < 1.29 is 67.7 Å². The number of rotatable bonds is 9. The summed E-state index contributed by atoms with van der Waals surface area (Å²) in [5.74, 6) is -8.87. The molecule has 0 aromatic carbocycles. The normalized spacial score (nSPS) is 39.5. The summed E-state index contributed by atoms with van der Waals surface area (Å²) in [6, 6.07) is -1.17. The summed E-state index contributed by atoms with van der Waals surface area (Å²) in [6.45, 7) is 10.7. The summed E-state index contributed by atoms with van der Waals surface area (Å²) in [7, 11) is 4.59. The second kappa shape index (κ2) is 22.3. The Bertz CT molecular complexity index is 1560. The number of Topliss-reactive ketones (excluding diaryl/α,β-unsaturated/α-hetero) is 2.